The monoisotopic (exact) mass is 265 g/mol. The number of rotatable bonds is 3. The zero-order chi connectivity index (χ0) is 13.2. The minimum absolute atomic E-state index is 0.225. The van der Waals surface area contributed by atoms with Crippen LogP contribution in [-0.4, -0.2) is 11.2 Å². The predicted octanol–water partition coefficient (Wildman–Crippen LogP) is 3.71. The Morgan fingerprint density at radius 3 is 2.67 bits per heavy atom. The molecule has 0 aliphatic heterocycles. The molecule has 18 heavy (non-hydrogen) atoms. The quantitative estimate of drug-likeness (QED) is 0.669. The zero-order valence-electron chi connectivity index (χ0n) is 10.4. The van der Waals surface area contributed by atoms with E-state index in [1.54, 1.807) is 18.2 Å². The molecule has 3 nitrogen and oxygen atoms in total. The Morgan fingerprint density at radius 2 is 2.11 bits per heavy atom. The van der Waals surface area contributed by atoms with Crippen LogP contribution in [0.1, 0.15) is 43.7 Å². The van der Waals surface area contributed by atoms with Crippen LogP contribution in [0.2, 0.25) is 5.02 Å². The maximum atomic E-state index is 10.7. The molecule has 1 saturated carbocycles. The van der Waals surface area contributed by atoms with Crippen LogP contribution in [0.3, 0.4) is 0 Å². The maximum Gasteiger partial charge on any atom is 0.235 e. The van der Waals surface area contributed by atoms with Crippen molar-refractivity contribution in [2.75, 3.05) is 0 Å². The van der Waals surface area contributed by atoms with E-state index in [0.29, 0.717) is 17.0 Å². The molecule has 0 spiro atoms. The first-order valence-corrected chi connectivity index (χ1v) is 6.61. The van der Waals surface area contributed by atoms with Gasteiger partial charge in [-0.15, -0.1) is 0 Å². The van der Waals surface area contributed by atoms with Gasteiger partial charge in [-0.05, 0) is 37.0 Å². The van der Waals surface area contributed by atoms with Crippen LogP contribution >= 0.6 is 11.6 Å². The van der Waals surface area contributed by atoms with Crippen LogP contribution < -0.4 is 0 Å². The fourth-order valence-corrected chi connectivity index (χ4v) is 3.01. The van der Waals surface area contributed by atoms with Crippen molar-refractivity contribution in [1.82, 2.24) is 0 Å². The number of hydrogen-bond acceptors (Lipinski definition) is 3. The summed E-state index contributed by atoms with van der Waals surface area (Å²) in [5, 5.41) is 10.9. The predicted molar refractivity (Wildman–Crippen MR) is 70.8 cm³/mol. The number of isocyanates is 1. The molecule has 0 amide bonds. The summed E-state index contributed by atoms with van der Waals surface area (Å²) in [6.07, 6.45) is 5.87. The Hall–Kier alpha value is -1.31. The smallest absolute Gasteiger partial charge is 0.235 e. The number of hydrogen-bond donors (Lipinski definition) is 1. The lowest BCUT2D eigenvalue weighted by molar-refractivity contribution is 0.405. The van der Waals surface area contributed by atoms with Gasteiger partial charge in [-0.2, -0.15) is 4.99 Å². The van der Waals surface area contributed by atoms with Crippen LogP contribution in [-0.2, 0) is 16.8 Å². The molecular formula is C14H16ClNO2. The van der Waals surface area contributed by atoms with Crippen LogP contribution in [0.5, 0.6) is 5.75 Å². The summed E-state index contributed by atoms with van der Waals surface area (Å²) >= 11 is 6.09. The molecule has 1 aliphatic carbocycles. The average molecular weight is 266 g/mol. The number of carbonyl (C=O) groups excluding carboxylic acids is 1. The number of phenolic OH excluding ortho intramolecular Hbond substituents is 1. The Kier molecular flexibility index (Phi) is 3.74. The second kappa shape index (κ2) is 5.13. The average Bonchev–Trinajstić information content (AvgIpc) is 2.81. The summed E-state index contributed by atoms with van der Waals surface area (Å²) in [4.78, 5) is 14.7. The normalized spacial score (nSPS) is 17.4. The van der Waals surface area contributed by atoms with Gasteiger partial charge in [0.05, 0.1) is 0 Å². The molecule has 0 bridgehead atoms. The van der Waals surface area contributed by atoms with E-state index in [-0.39, 0.29) is 5.75 Å². The van der Waals surface area contributed by atoms with Crippen molar-refractivity contribution in [3.63, 3.8) is 0 Å². The first kappa shape index (κ1) is 13.1. The number of halogens is 1. The van der Waals surface area contributed by atoms with E-state index in [4.69, 9.17) is 11.6 Å². The summed E-state index contributed by atoms with van der Waals surface area (Å²) < 4.78 is 0. The molecule has 1 fully saturated rings. The van der Waals surface area contributed by atoms with Gasteiger partial charge in [0.25, 0.3) is 0 Å². The van der Waals surface area contributed by atoms with Crippen molar-refractivity contribution in [2.24, 2.45) is 4.99 Å². The third-order valence-electron chi connectivity index (χ3n) is 3.73. The first-order valence-electron chi connectivity index (χ1n) is 6.24. The third kappa shape index (κ3) is 2.16. The number of aryl methyl sites for hydroxylation is 1. The molecule has 0 radical (unpaired) electrons. The lowest BCUT2D eigenvalue weighted by atomic mass is 9.86. The molecule has 0 saturated heterocycles. The number of benzene rings is 1. The molecule has 1 aromatic rings. The molecule has 1 N–H and O–H groups in total. The zero-order valence-corrected chi connectivity index (χ0v) is 11.1. The van der Waals surface area contributed by atoms with E-state index in [1.807, 2.05) is 6.92 Å². The van der Waals surface area contributed by atoms with Gasteiger partial charge in [0.2, 0.25) is 6.08 Å². The highest BCUT2D eigenvalue weighted by molar-refractivity contribution is 6.30. The van der Waals surface area contributed by atoms with Crippen molar-refractivity contribution < 1.29 is 9.90 Å². The van der Waals surface area contributed by atoms with Crippen LogP contribution in [0, 0.1) is 0 Å². The third-order valence-corrected chi connectivity index (χ3v) is 3.94. The number of aliphatic imine (C=N–C) groups is 1. The molecule has 2 rings (SSSR count). The summed E-state index contributed by atoms with van der Waals surface area (Å²) in [7, 11) is 0. The Labute approximate surface area is 111 Å². The van der Waals surface area contributed by atoms with Gasteiger partial charge in [-0.25, -0.2) is 4.79 Å². The van der Waals surface area contributed by atoms with Crippen molar-refractivity contribution in [1.29, 1.82) is 0 Å². The SMILES string of the molecule is CCc1cc(Cl)cc(C2(N=C=O)CCCC2)c1O. The summed E-state index contributed by atoms with van der Waals surface area (Å²) in [5.41, 5.74) is 0.846. The lowest BCUT2D eigenvalue weighted by Gasteiger charge is -2.25. The lowest BCUT2D eigenvalue weighted by Crippen LogP contribution is -2.19. The molecule has 0 heterocycles. The molecule has 1 aliphatic rings. The van der Waals surface area contributed by atoms with E-state index in [0.717, 1.165) is 31.2 Å². The first-order chi connectivity index (χ1) is 8.63. The van der Waals surface area contributed by atoms with E-state index in [2.05, 4.69) is 4.99 Å². The molecule has 0 unspecified atom stereocenters. The van der Waals surface area contributed by atoms with Gasteiger partial charge in [0.1, 0.15) is 11.3 Å². The molecule has 1 aromatic carbocycles. The van der Waals surface area contributed by atoms with Crippen molar-refractivity contribution >= 4 is 17.7 Å². The second-order valence-corrected chi connectivity index (χ2v) is 5.19. The maximum absolute atomic E-state index is 10.7. The van der Waals surface area contributed by atoms with Gasteiger partial charge in [0, 0.05) is 10.6 Å². The minimum Gasteiger partial charge on any atom is -0.507 e. The largest absolute Gasteiger partial charge is 0.507 e. The molecule has 0 atom stereocenters. The highest BCUT2D eigenvalue weighted by atomic mass is 35.5. The van der Waals surface area contributed by atoms with Gasteiger partial charge in [-0.1, -0.05) is 31.4 Å². The summed E-state index contributed by atoms with van der Waals surface area (Å²) in [6, 6.07) is 3.48. The highest BCUT2D eigenvalue weighted by Gasteiger charge is 2.38. The summed E-state index contributed by atoms with van der Waals surface area (Å²) in [5.74, 6) is 0.225. The van der Waals surface area contributed by atoms with Crippen LogP contribution in [0.4, 0.5) is 0 Å². The topological polar surface area (TPSA) is 49.7 Å². The van der Waals surface area contributed by atoms with E-state index in [9.17, 15) is 9.90 Å². The van der Waals surface area contributed by atoms with Crippen molar-refractivity contribution in [2.45, 2.75) is 44.6 Å². The van der Waals surface area contributed by atoms with Crippen molar-refractivity contribution in [3.05, 3.63) is 28.3 Å². The molecular weight excluding hydrogens is 250 g/mol. The second-order valence-electron chi connectivity index (χ2n) is 4.76. The number of aromatic hydroxyl groups is 1. The van der Waals surface area contributed by atoms with E-state index in [1.165, 1.54) is 0 Å². The highest BCUT2D eigenvalue weighted by Crippen LogP contribution is 2.47. The number of phenols is 1. The summed E-state index contributed by atoms with van der Waals surface area (Å²) in [6.45, 7) is 1.96. The van der Waals surface area contributed by atoms with Gasteiger partial charge < -0.3 is 5.11 Å². The fraction of sp³-hybridized carbons (Fsp3) is 0.500. The molecule has 4 heteroatoms. The molecule has 0 aromatic heterocycles. The van der Waals surface area contributed by atoms with Crippen LogP contribution in [0.15, 0.2) is 17.1 Å². The van der Waals surface area contributed by atoms with Crippen molar-refractivity contribution in [3.8, 4) is 5.75 Å². The Balaban J connectivity index is 2.61. The van der Waals surface area contributed by atoms with Gasteiger partial charge in [-0.3, -0.25) is 0 Å². The van der Waals surface area contributed by atoms with Gasteiger partial charge >= 0.3 is 0 Å². The van der Waals surface area contributed by atoms with Crippen LogP contribution in [0.25, 0.3) is 0 Å². The van der Waals surface area contributed by atoms with E-state index < -0.39 is 5.54 Å². The Bertz CT molecular complexity index is 501. The van der Waals surface area contributed by atoms with Gasteiger partial charge in [0.15, 0.2) is 0 Å². The minimum atomic E-state index is -0.624. The van der Waals surface area contributed by atoms with E-state index >= 15 is 0 Å². The fourth-order valence-electron chi connectivity index (χ4n) is 2.77. The molecule has 96 valence electrons. The number of nitrogens with zero attached hydrogens (tertiary/aromatic N) is 1. The Morgan fingerprint density at radius 1 is 1.44 bits per heavy atom. The standard InChI is InChI=1S/C14H16ClNO2/c1-2-10-7-11(15)8-12(13(10)18)14(16-9-17)5-3-4-6-14/h7-8,18H,2-6H2,1H3.